The van der Waals surface area contributed by atoms with E-state index in [1.165, 1.54) is 0 Å². The lowest BCUT2D eigenvalue weighted by atomic mass is 9.95. The monoisotopic (exact) mass is 189 g/mol. The average Bonchev–Trinajstić information content (AvgIpc) is 2.07. The van der Waals surface area contributed by atoms with E-state index in [0.29, 0.717) is 5.70 Å². The topological polar surface area (TPSA) is 31.2 Å². The molecule has 0 radical (unpaired) electrons. The number of rotatable bonds is 1. The fourth-order valence-corrected chi connectivity index (χ4v) is 0.897. The van der Waals surface area contributed by atoms with E-state index < -0.39 is 5.41 Å². The van der Waals surface area contributed by atoms with Gasteiger partial charge in [-0.3, -0.25) is 0 Å². The predicted molar refractivity (Wildman–Crippen MR) is 58.5 cm³/mol. The minimum atomic E-state index is -0.428. The minimum absolute atomic E-state index is 0.117. The molecule has 0 spiro atoms. The largest absolute Gasteiger partial charge is 0.671 e. The molecule has 2 nitrogen and oxygen atoms in total. The van der Waals surface area contributed by atoms with Crippen LogP contribution in [0.3, 0.4) is 0 Å². The second-order valence-electron chi connectivity index (χ2n) is 4.30. The molecule has 2 heteroatoms. The maximum absolute atomic E-state index is 11.6. The molecule has 1 rings (SSSR count). The van der Waals surface area contributed by atoms with Crippen LogP contribution in [0.4, 0.5) is 0 Å². The van der Waals surface area contributed by atoms with Crippen molar-refractivity contribution in [2.24, 2.45) is 5.41 Å². The number of carbonyl (C=O) groups excluding carboxylic acids is 1. The first-order chi connectivity index (χ1) is 6.41. The van der Waals surface area contributed by atoms with E-state index >= 15 is 0 Å². The van der Waals surface area contributed by atoms with Crippen molar-refractivity contribution >= 4 is 5.91 Å². The Morgan fingerprint density at radius 3 is 2.64 bits per heavy atom. The zero-order valence-corrected chi connectivity index (χ0v) is 8.87. The number of nitrogens with zero attached hydrogens (tertiary/aromatic N) is 1. The Labute approximate surface area is 85.4 Å². The number of allylic oxidation sites excluding steroid dienone is 4. The zero-order valence-electron chi connectivity index (χ0n) is 8.87. The molecule has 0 saturated carbocycles. The first-order valence-electron chi connectivity index (χ1n) is 4.58. The van der Waals surface area contributed by atoms with E-state index in [0.717, 1.165) is 5.57 Å². The van der Waals surface area contributed by atoms with Crippen LogP contribution in [0.25, 0.3) is 5.32 Å². The van der Waals surface area contributed by atoms with Crippen LogP contribution in [0, 0.1) is 11.8 Å². The van der Waals surface area contributed by atoms with Crippen molar-refractivity contribution in [2.45, 2.75) is 20.8 Å². The van der Waals surface area contributed by atoms with Gasteiger partial charge in [0, 0.05) is 5.41 Å². The summed E-state index contributed by atoms with van der Waals surface area (Å²) in [7, 11) is 0. The Morgan fingerprint density at radius 2 is 2.14 bits per heavy atom. The Kier molecular flexibility index (Phi) is 2.84. The fourth-order valence-electron chi connectivity index (χ4n) is 0.897. The van der Waals surface area contributed by atoms with Gasteiger partial charge in [0.05, 0.1) is 5.91 Å². The van der Waals surface area contributed by atoms with Crippen LogP contribution < -0.4 is 0 Å². The molecular formula is C12H15NO-2. The van der Waals surface area contributed by atoms with Crippen LogP contribution >= 0.6 is 0 Å². The van der Waals surface area contributed by atoms with Gasteiger partial charge in [-0.05, 0) is 0 Å². The van der Waals surface area contributed by atoms with Crippen LogP contribution in [-0.4, -0.2) is 5.91 Å². The van der Waals surface area contributed by atoms with Crippen molar-refractivity contribution in [2.75, 3.05) is 0 Å². The van der Waals surface area contributed by atoms with Crippen LogP contribution in [0.2, 0.25) is 0 Å². The van der Waals surface area contributed by atoms with Crippen LogP contribution in [-0.2, 0) is 4.79 Å². The molecule has 1 amide bonds. The Bertz CT molecular complexity index is 316. The van der Waals surface area contributed by atoms with E-state index in [2.05, 4.69) is 11.9 Å². The third-order valence-electron chi connectivity index (χ3n) is 1.86. The smallest absolute Gasteiger partial charge is 0.0528 e. The molecule has 0 N–H and O–H groups in total. The summed E-state index contributed by atoms with van der Waals surface area (Å²) in [4.78, 5) is 11.6. The number of hydrogen-bond donors (Lipinski definition) is 0. The van der Waals surface area contributed by atoms with E-state index in [4.69, 9.17) is 0 Å². The molecule has 0 atom stereocenters. The molecule has 0 aromatic heterocycles. The molecular weight excluding hydrogens is 174 g/mol. The van der Waals surface area contributed by atoms with Crippen molar-refractivity contribution in [3.8, 4) is 0 Å². The van der Waals surface area contributed by atoms with Gasteiger partial charge < -0.3 is 10.1 Å². The predicted octanol–water partition coefficient (Wildman–Crippen LogP) is 3.15. The highest BCUT2D eigenvalue weighted by Crippen LogP contribution is 2.27. The van der Waals surface area contributed by atoms with Gasteiger partial charge in [-0.1, -0.05) is 20.8 Å². The molecule has 1 aliphatic rings. The van der Waals surface area contributed by atoms with Gasteiger partial charge in [0.15, 0.2) is 0 Å². The fraction of sp³-hybridized carbons (Fsp3) is 0.333. The standard InChI is InChI=1S/C12H16NO/c1-9-7-5-6-8-10(9)13-11(14)12(2,3)4/h5-8H,1H2,2-4H3,(H,13,14)/q-1/p-1. The summed E-state index contributed by atoms with van der Waals surface area (Å²) >= 11 is 0. The van der Waals surface area contributed by atoms with Crippen LogP contribution in [0.5, 0.6) is 0 Å². The second-order valence-corrected chi connectivity index (χ2v) is 4.30. The molecule has 0 saturated heterocycles. The lowest BCUT2D eigenvalue weighted by Crippen LogP contribution is -2.19. The zero-order chi connectivity index (χ0) is 10.8. The summed E-state index contributed by atoms with van der Waals surface area (Å²) in [5, 5.41) is 4.03. The molecule has 0 aliphatic heterocycles. The number of carbonyl (C=O) groups is 1. The first-order valence-corrected chi connectivity index (χ1v) is 4.58. The van der Waals surface area contributed by atoms with Crippen molar-refractivity contribution in [3.05, 3.63) is 47.8 Å². The van der Waals surface area contributed by atoms with Crippen molar-refractivity contribution in [1.29, 1.82) is 0 Å². The summed E-state index contributed by atoms with van der Waals surface area (Å²) in [5.74, 6) is -0.117. The van der Waals surface area contributed by atoms with E-state index in [1.807, 2.05) is 39.3 Å². The minimum Gasteiger partial charge on any atom is -0.671 e. The van der Waals surface area contributed by atoms with Gasteiger partial charge >= 0.3 is 0 Å². The summed E-state index contributed by atoms with van der Waals surface area (Å²) in [6.45, 7) is 9.36. The highest BCUT2D eigenvalue weighted by atomic mass is 16.2. The van der Waals surface area contributed by atoms with E-state index in [-0.39, 0.29) is 5.91 Å². The average molecular weight is 189 g/mol. The molecule has 76 valence electrons. The molecule has 1 aliphatic carbocycles. The number of amides is 1. The maximum atomic E-state index is 11.6. The Morgan fingerprint density at radius 1 is 1.50 bits per heavy atom. The second kappa shape index (κ2) is 3.74. The van der Waals surface area contributed by atoms with Gasteiger partial charge in [-0.2, -0.15) is 18.2 Å². The van der Waals surface area contributed by atoms with E-state index in [1.54, 1.807) is 6.08 Å². The highest BCUT2D eigenvalue weighted by molar-refractivity contribution is 5.97. The SMILES string of the molecule is C=C1[CH-]C=CC=C1[N-]C(=O)C(C)(C)C. The van der Waals surface area contributed by atoms with Gasteiger partial charge in [-0.25, -0.2) is 5.70 Å². The highest BCUT2D eigenvalue weighted by Gasteiger charge is 2.12. The number of hydrogen-bond acceptors (Lipinski definition) is 1. The lowest BCUT2D eigenvalue weighted by Gasteiger charge is -2.38. The maximum Gasteiger partial charge on any atom is 0.0528 e. The van der Waals surface area contributed by atoms with Gasteiger partial charge in [0.1, 0.15) is 0 Å². The molecule has 0 aromatic carbocycles. The quantitative estimate of drug-likeness (QED) is 0.583. The molecule has 0 bridgehead atoms. The Hall–Kier alpha value is -1.44. The van der Waals surface area contributed by atoms with E-state index in [9.17, 15) is 4.79 Å². The Balaban J connectivity index is 2.69. The molecule has 0 heterocycles. The lowest BCUT2D eigenvalue weighted by molar-refractivity contribution is -0.122. The molecule has 0 unspecified atom stereocenters. The van der Waals surface area contributed by atoms with Crippen molar-refractivity contribution in [1.82, 2.24) is 0 Å². The van der Waals surface area contributed by atoms with Gasteiger partial charge in [-0.15, -0.1) is 18.6 Å². The summed E-state index contributed by atoms with van der Waals surface area (Å²) < 4.78 is 0. The molecule has 0 fully saturated rings. The van der Waals surface area contributed by atoms with Crippen molar-refractivity contribution < 1.29 is 4.79 Å². The van der Waals surface area contributed by atoms with Crippen LogP contribution in [0.15, 0.2) is 36.1 Å². The molecule has 0 aromatic rings. The van der Waals surface area contributed by atoms with Crippen molar-refractivity contribution in [3.63, 3.8) is 0 Å². The summed E-state index contributed by atoms with van der Waals surface area (Å²) in [6.07, 6.45) is 7.37. The summed E-state index contributed by atoms with van der Waals surface area (Å²) in [6, 6.07) is 0. The third kappa shape index (κ3) is 2.52. The molecule has 14 heavy (non-hydrogen) atoms. The third-order valence-corrected chi connectivity index (χ3v) is 1.86. The summed E-state index contributed by atoms with van der Waals surface area (Å²) in [5.41, 5.74) is 1.01. The van der Waals surface area contributed by atoms with Gasteiger partial charge in [0.25, 0.3) is 0 Å². The van der Waals surface area contributed by atoms with Crippen LogP contribution in [0.1, 0.15) is 20.8 Å². The van der Waals surface area contributed by atoms with Gasteiger partial charge in [0.2, 0.25) is 0 Å². The first kappa shape index (κ1) is 10.6. The normalized spacial score (nSPS) is 15.9.